The van der Waals surface area contributed by atoms with Crippen LogP contribution in [0.25, 0.3) is 0 Å². The van der Waals surface area contributed by atoms with Crippen LogP contribution in [0, 0.1) is 0 Å². The van der Waals surface area contributed by atoms with Crippen LogP contribution in [0.15, 0.2) is 10.8 Å². The van der Waals surface area contributed by atoms with Gasteiger partial charge < -0.3 is 9.88 Å². The molecule has 1 aliphatic heterocycles. The molecule has 5 heteroatoms. The van der Waals surface area contributed by atoms with Crippen molar-refractivity contribution in [3.05, 3.63) is 10.8 Å². The fourth-order valence-electron chi connectivity index (χ4n) is 1.15. The van der Waals surface area contributed by atoms with Crippen LogP contribution in [0.5, 0.6) is 0 Å². The van der Waals surface area contributed by atoms with Gasteiger partial charge in [-0.1, -0.05) is 0 Å². The molecule has 2 heterocycles. The van der Waals surface area contributed by atoms with E-state index in [1.54, 1.807) is 0 Å². The van der Waals surface area contributed by atoms with Gasteiger partial charge in [-0.2, -0.15) is 0 Å². The summed E-state index contributed by atoms with van der Waals surface area (Å²) in [5.41, 5.74) is 0. The Morgan fingerprint density at radius 1 is 1.64 bits per heavy atom. The molecular weight excluding hydrogens is 229 g/mol. The summed E-state index contributed by atoms with van der Waals surface area (Å²) in [7, 11) is 0. The molecule has 0 spiro atoms. The van der Waals surface area contributed by atoms with Gasteiger partial charge in [0.1, 0.15) is 4.60 Å². The van der Waals surface area contributed by atoms with Crippen LogP contribution in [0.1, 0.15) is 6.42 Å². The van der Waals surface area contributed by atoms with Gasteiger partial charge in [-0.15, -0.1) is 12.4 Å². The summed E-state index contributed by atoms with van der Waals surface area (Å²) in [4.78, 5) is 4.16. The summed E-state index contributed by atoms with van der Waals surface area (Å²) in [6, 6.07) is 0. The highest BCUT2D eigenvalue weighted by Gasteiger charge is 2.10. The number of hydrogen-bond donors (Lipinski definition) is 1. The highest BCUT2D eigenvalue weighted by atomic mass is 79.9. The van der Waals surface area contributed by atoms with Gasteiger partial charge in [0.05, 0.1) is 6.20 Å². The Morgan fingerprint density at radius 3 is 3.18 bits per heavy atom. The molecule has 1 aromatic rings. The zero-order valence-corrected chi connectivity index (χ0v) is 8.28. The first-order chi connectivity index (χ1) is 4.88. The summed E-state index contributed by atoms with van der Waals surface area (Å²) < 4.78 is 3.19. The molecule has 11 heavy (non-hydrogen) atoms. The first kappa shape index (κ1) is 8.87. The molecule has 0 saturated heterocycles. The van der Waals surface area contributed by atoms with E-state index >= 15 is 0 Å². The summed E-state index contributed by atoms with van der Waals surface area (Å²) >= 11 is 3.41. The Morgan fingerprint density at radius 2 is 2.45 bits per heavy atom. The minimum absolute atomic E-state index is 0. The van der Waals surface area contributed by atoms with E-state index in [-0.39, 0.29) is 12.4 Å². The summed E-state index contributed by atoms with van der Waals surface area (Å²) in [5.74, 6) is 0.984. The van der Waals surface area contributed by atoms with Gasteiger partial charge >= 0.3 is 0 Å². The fraction of sp³-hybridized carbons (Fsp3) is 0.500. The lowest BCUT2D eigenvalue weighted by Gasteiger charge is -2.15. The van der Waals surface area contributed by atoms with E-state index in [9.17, 15) is 0 Å². The molecule has 0 aromatic carbocycles. The van der Waals surface area contributed by atoms with Crippen molar-refractivity contribution < 1.29 is 0 Å². The van der Waals surface area contributed by atoms with Gasteiger partial charge in [-0.05, 0) is 22.4 Å². The topological polar surface area (TPSA) is 29.9 Å². The van der Waals surface area contributed by atoms with E-state index in [2.05, 4.69) is 30.8 Å². The first-order valence-electron chi connectivity index (χ1n) is 3.33. The van der Waals surface area contributed by atoms with Crippen LogP contribution in [-0.4, -0.2) is 16.1 Å². The Balaban J connectivity index is 0.000000605. The van der Waals surface area contributed by atoms with Gasteiger partial charge in [-0.3, -0.25) is 0 Å². The highest BCUT2D eigenvalue weighted by Crippen LogP contribution is 2.19. The number of fused-ring (bicyclic) bond motifs is 1. The number of nitrogens with one attached hydrogen (secondary N) is 1. The van der Waals surface area contributed by atoms with Crippen LogP contribution < -0.4 is 5.32 Å². The average molecular weight is 239 g/mol. The standard InChI is InChI=1S/C6H8BrN3.ClH/c7-5-4-9-6-8-2-1-3-10(5)6;/h4H,1-3H2,(H,8,9);1H. The van der Waals surface area contributed by atoms with Crippen molar-refractivity contribution in [3.8, 4) is 0 Å². The maximum atomic E-state index is 4.16. The predicted molar refractivity (Wildman–Crippen MR) is 50.3 cm³/mol. The maximum Gasteiger partial charge on any atom is 0.203 e. The Hall–Kier alpha value is -0.220. The monoisotopic (exact) mass is 237 g/mol. The van der Waals surface area contributed by atoms with E-state index in [0.29, 0.717) is 0 Å². The molecule has 0 atom stereocenters. The molecule has 62 valence electrons. The Kier molecular flexibility index (Phi) is 2.78. The normalized spacial score (nSPS) is 14.6. The van der Waals surface area contributed by atoms with Crippen molar-refractivity contribution in [1.82, 2.24) is 9.55 Å². The number of imidazole rings is 1. The Bertz CT molecular complexity index is 248. The third-order valence-corrected chi connectivity index (χ3v) is 2.28. The van der Waals surface area contributed by atoms with E-state index in [1.165, 1.54) is 6.42 Å². The van der Waals surface area contributed by atoms with Gasteiger partial charge in [0.25, 0.3) is 0 Å². The third-order valence-electron chi connectivity index (χ3n) is 1.65. The SMILES string of the molecule is Brc1cnc2n1CCCN2.Cl. The molecule has 0 amide bonds. The molecule has 0 aliphatic carbocycles. The number of aromatic nitrogens is 2. The molecule has 2 rings (SSSR count). The van der Waals surface area contributed by atoms with E-state index in [0.717, 1.165) is 23.6 Å². The van der Waals surface area contributed by atoms with Crippen molar-refractivity contribution in [3.63, 3.8) is 0 Å². The second kappa shape index (κ2) is 3.45. The second-order valence-electron chi connectivity index (χ2n) is 2.34. The molecule has 1 aromatic heterocycles. The van der Waals surface area contributed by atoms with Crippen LogP contribution in [0.2, 0.25) is 0 Å². The van der Waals surface area contributed by atoms with Crippen LogP contribution >= 0.6 is 28.3 Å². The number of nitrogens with zero attached hydrogens (tertiary/aromatic N) is 2. The lowest BCUT2D eigenvalue weighted by atomic mass is 10.4. The third kappa shape index (κ3) is 1.51. The van der Waals surface area contributed by atoms with E-state index in [1.807, 2.05) is 6.20 Å². The van der Waals surface area contributed by atoms with E-state index in [4.69, 9.17) is 0 Å². The molecule has 0 fully saturated rings. The molecule has 1 aliphatic rings. The second-order valence-corrected chi connectivity index (χ2v) is 3.15. The number of halogens is 2. The summed E-state index contributed by atoms with van der Waals surface area (Å²) in [6.45, 7) is 2.12. The number of hydrogen-bond acceptors (Lipinski definition) is 2. The quantitative estimate of drug-likeness (QED) is 0.748. The van der Waals surface area contributed by atoms with Gasteiger partial charge in [-0.25, -0.2) is 4.98 Å². The predicted octanol–water partition coefficient (Wildman–Crippen LogP) is 1.88. The van der Waals surface area contributed by atoms with E-state index < -0.39 is 0 Å². The highest BCUT2D eigenvalue weighted by molar-refractivity contribution is 9.10. The van der Waals surface area contributed by atoms with Crippen molar-refractivity contribution in [2.75, 3.05) is 11.9 Å². The Labute approximate surface area is 79.7 Å². The summed E-state index contributed by atoms with van der Waals surface area (Å²) in [5, 5.41) is 3.21. The van der Waals surface area contributed by atoms with Crippen LogP contribution in [0.3, 0.4) is 0 Å². The molecule has 0 radical (unpaired) electrons. The molecular formula is C6H9BrClN3. The van der Waals surface area contributed by atoms with Crippen molar-refractivity contribution in [1.29, 1.82) is 0 Å². The minimum atomic E-state index is 0. The lowest BCUT2D eigenvalue weighted by Crippen LogP contribution is -2.17. The largest absolute Gasteiger partial charge is 0.356 e. The molecule has 0 unspecified atom stereocenters. The maximum absolute atomic E-state index is 4.16. The lowest BCUT2D eigenvalue weighted by molar-refractivity contribution is 0.618. The van der Waals surface area contributed by atoms with Crippen molar-refractivity contribution >= 4 is 34.3 Å². The zero-order valence-electron chi connectivity index (χ0n) is 5.88. The van der Waals surface area contributed by atoms with Gasteiger partial charge in [0.2, 0.25) is 5.95 Å². The fourth-order valence-corrected chi connectivity index (χ4v) is 1.59. The number of rotatable bonds is 0. The smallest absolute Gasteiger partial charge is 0.203 e. The summed E-state index contributed by atoms with van der Waals surface area (Å²) in [6.07, 6.45) is 3.01. The molecule has 0 bridgehead atoms. The average Bonchev–Trinajstić information content (AvgIpc) is 2.34. The molecule has 1 N–H and O–H groups in total. The van der Waals surface area contributed by atoms with Crippen molar-refractivity contribution in [2.24, 2.45) is 0 Å². The van der Waals surface area contributed by atoms with Gasteiger partial charge in [0, 0.05) is 13.1 Å². The van der Waals surface area contributed by atoms with Crippen LogP contribution in [-0.2, 0) is 6.54 Å². The van der Waals surface area contributed by atoms with Crippen LogP contribution in [0.4, 0.5) is 5.95 Å². The number of anilines is 1. The van der Waals surface area contributed by atoms with Crippen molar-refractivity contribution in [2.45, 2.75) is 13.0 Å². The van der Waals surface area contributed by atoms with Gasteiger partial charge in [0.15, 0.2) is 0 Å². The minimum Gasteiger partial charge on any atom is -0.356 e. The zero-order chi connectivity index (χ0) is 6.97. The molecule has 3 nitrogen and oxygen atoms in total. The first-order valence-corrected chi connectivity index (χ1v) is 4.12. The molecule has 0 saturated carbocycles.